The maximum absolute atomic E-state index is 13.6. The normalized spacial score (nSPS) is 16.6. The molecule has 0 spiro atoms. The third-order valence-corrected chi connectivity index (χ3v) is 5.59. The van der Waals surface area contributed by atoms with Crippen LogP contribution in [0.4, 0.5) is 4.39 Å². The number of nitrogens with zero attached hydrogens (tertiary/aromatic N) is 3. The molecule has 1 unspecified atom stereocenters. The van der Waals surface area contributed by atoms with E-state index in [1.807, 2.05) is 18.7 Å². The van der Waals surface area contributed by atoms with Crippen molar-refractivity contribution in [2.24, 2.45) is 5.92 Å². The molecule has 1 saturated heterocycles. The van der Waals surface area contributed by atoms with Crippen molar-refractivity contribution in [3.05, 3.63) is 52.1 Å². The third-order valence-electron chi connectivity index (χ3n) is 5.59. The average molecular weight is 387 g/mol. The molecule has 1 aromatic heterocycles. The molecule has 0 radical (unpaired) electrons. The number of amides is 1. The van der Waals surface area contributed by atoms with E-state index < -0.39 is 11.8 Å². The summed E-state index contributed by atoms with van der Waals surface area (Å²) in [5.41, 5.74) is 3.68. The van der Waals surface area contributed by atoms with Gasteiger partial charge in [-0.05, 0) is 62.3 Å². The number of aromatic nitrogens is 2. The number of carbonyl (C=O) groups excluding carboxylic acids is 1. The lowest BCUT2D eigenvalue weighted by atomic mass is 9.97. The van der Waals surface area contributed by atoms with Crippen LogP contribution in [0, 0.1) is 25.6 Å². The summed E-state index contributed by atoms with van der Waals surface area (Å²) in [6, 6.07) is 4.21. The van der Waals surface area contributed by atoms with E-state index in [9.17, 15) is 14.0 Å². The Balaban J connectivity index is 1.62. The van der Waals surface area contributed by atoms with Crippen LogP contribution in [0.5, 0.6) is 0 Å². The summed E-state index contributed by atoms with van der Waals surface area (Å²) in [7, 11) is 0. The van der Waals surface area contributed by atoms with Crippen LogP contribution in [0.15, 0.2) is 18.2 Å². The molecule has 1 aliphatic rings. The molecule has 0 aliphatic carbocycles. The SMILES string of the molecule is CCc1c(C)nn(CC(=O)N2CCC(Cc3ccc(F)c(C(=O)O)c3)C2)c1C. The fraction of sp³-hybridized carbons (Fsp3) is 0.476. The zero-order valence-corrected chi connectivity index (χ0v) is 16.5. The Morgan fingerprint density at radius 1 is 1.32 bits per heavy atom. The molecule has 1 N–H and O–H groups in total. The van der Waals surface area contributed by atoms with Gasteiger partial charge in [-0.2, -0.15) is 5.10 Å². The number of benzene rings is 1. The topological polar surface area (TPSA) is 75.4 Å². The Morgan fingerprint density at radius 2 is 2.07 bits per heavy atom. The largest absolute Gasteiger partial charge is 0.478 e. The first-order valence-corrected chi connectivity index (χ1v) is 9.62. The maximum Gasteiger partial charge on any atom is 0.338 e. The van der Waals surface area contributed by atoms with Crippen molar-refractivity contribution in [3.63, 3.8) is 0 Å². The number of hydrogen-bond donors (Lipinski definition) is 1. The van der Waals surface area contributed by atoms with Gasteiger partial charge in [0.05, 0.1) is 11.3 Å². The molecule has 2 heterocycles. The predicted octanol–water partition coefficient (Wildman–Crippen LogP) is 2.99. The van der Waals surface area contributed by atoms with Gasteiger partial charge in [0.25, 0.3) is 0 Å². The van der Waals surface area contributed by atoms with Crippen LogP contribution in [-0.4, -0.2) is 44.8 Å². The minimum absolute atomic E-state index is 0.0427. The highest BCUT2D eigenvalue weighted by molar-refractivity contribution is 5.88. The van der Waals surface area contributed by atoms with Gasteiger partial charge in [-0.1, -0.05) is 13.0 Å². The molecular formula is C21H26FN3O3. The van der Waals surface area contributed by atoms with Crippen LogP contribution >= 0.6 is 0 Å². The first-order chi connectivity index (χ1) is 13.3. The van der Waals surface area contributed by atoms with E-state index in [0.717, 1.165) is 29.8 Å². The standard InChI is InChI=1S/C21H26FN3O3/c1-4-17-13(2)23-25(14(17)3)12-20(26)24-8-7-16(11-24)9-15-5-6-19(22)18(10-15)21(27)28/h5-6,10,16H,4,7-9,11-12H2,1-3H3,(H,27,28). The van der Waals surface area contributed by atoms with Crippen molar-refractivity contribution in [1.82, 2.24) is 14.7 Å². The van der Waals surface area contributed by atoms with E-state index in [2.05, 4.69) is 12.0 Å². The molecule has 1 amide bonds. The van der Waals surface area contributed by atoms with E-state index in [1.54, 1.807) is 10.7 Å². The molecule has 2 aromatic rings. The molecule has 7 heteroatoms. The summed E-state index contributed by atoms with van der Waals surface area (Å²) in [6.45, 7) is 7.58. The highest BCUT2D eigenvalue weighted by atomic mass is 19.1. The molecule has 1 atom stereocenters. The van der Waals surface area contributed by atoms with Crippen molar-refractivity contribution < 1.29 is 19.1 Å². The van der Waals surface area contributed by atoms with Crippen molar-refractivity contribution in [1.29, 1.82) is 0 Å². The van der Waals surface area contributed by atoms with Crippen LogP contribution in [0.3, 0.4) is 0 Å². The lowest BCUT2D eigenvalue weighted by Gasteiger charge is -2.17. The van der Waals surface area contributed by atoms with Gasteiger partial charge in [0.1, 0.15) is 12.4 Å². The molecular weight excluding hydrogens is 361 g/mol. The van der Waals surface area contributed by atoms with Crippen LogP contribution in [0.25, 0.3) is 0 Å². The fourth-order valence-corrected chi connectivity index (χ4v) is 4.05. The molecule has 1 aromatic carbocycles. The van der Waals surface area contributed by atoms with E-state index in [0.29, 0.717) is 19.5 Å². The Labute approximate surface area is 164 Å². The summed E-state index contributed by atoms with van der Waals surface area (Å²) in [4.78, 5) is 25.6. The quantitative estimate of drug-likeness (QED) is 0.827. The van der Waals surface area contributed by atoms with E-state index in [-0.39, 0.29) is 23.9 Å². The third kappa shape index (κ3) is 4.08. The second-order valence-electron chi connectivity index (χ2n) is 7.48. The molecule has 1 aliphatic heterocycles. The number of halogens is 1. The fourth-order valence-electron chi connectivity index (χ4n) is 4.05. The summed E-state index contributed by atoms with van der Waals surface area (Å²) >= 11 is 0. The number of rotatable bonds is 6. The van der Waals surface area contributed by atoms with Gasteiger partial charge in [-0.15, -0.1) is 0 Å². The number of carboxylic acids is 1. The van der Waals surface area contributed by atoms with E-state index in [1.165, 1.54) is 17.7 Å². The molecule has 6 nitrogen and oxygen atoms in total. The minimum atomic E-state index is -1.26. The van der Waals surface area contributed by atoms with Crippen LogP contribution < -0.4 is 0 Å². The molecule has 3 rings (SSSR count). The number of hydrogen-bond acceptors (Lipinski definition) is 3. The first kappa shape index (κ1) is 20.0. The summed E-state index contributed by atoms with van der Waals surface area (Å²) in [5.74, 6) is -1.71. The zero-order chi connectivity index (χ0) is 20.4. The summed E-state index contributed by atoms with van der Waals surface area (Å²) < 4.78 is 15.3. The number of likely N-dealkylation sites (tertiary alicyclic amines) is 1. The van der Waals surface area contributed by atoms with E-state index in [4.69, 9.17) is 5.11 Å². The summed E-state index contributed by atoms with van der Waals surface area (Å²) in [5, 5.41) is 13.6. The highest BCUT2D eigenvalue weighted by Crippen LogP contribution is 2.23. The monoisotopic (exact) mass is 387 g/mol. The zero-order valence-electron chi connectivity index (χ0n) is 16.5. The maximum atomic E-state index is 13.6. The molecule has 1 fully saturated rings. The Morgan fingerprint density at radius 3 is 2.71 bits per heavy atom. The van der Waals surface area contributed by atoms with Gasteiger partial charge in [-0.3, -0.25) is 9.48 Å². The van der Waals surface area contributed by atoms with E-state index >= 15 is 0 Å². The Bertz CT molecular complexity index is 907. The highest BCUT2D eigenvalue weighted by Gasteiger charge is 2.27. The molecule has 0 saturated carbocycles. The van der Waals surface area contributed by atoms with Gasteiger partial charge in [-0.25, -0.2) is 9.18 Å². The number of carbonyl (C=O) groups is 2. The van der Waals surface area contributed by atoms with Gasteiger partial charge >= 0.3 is 5.97 Å². The van der Waals surface area contributed by atoms with Gasteiger partial charge < -0.3 is 10.0 Å². The number of aromatic carboxylic acids is 1. The van der Waals surface area contributed by atoms with Crippen molar-refractivity contribution in [2.45, 2.75) is 46.6 Å². The number of aryl methyl sites for hydroxylation is 1. The van der Waals surface area contributed by atoms with Crippen LogP contribution in [-0.2, 0) is 24.2 Å². The van der Waals surface area contributed by atoms with Gasteiger partial charge in [0.15, 0.2) is 0 Å². The smallest absolute Gasteiger partial charge is 0.338 e. The van der Waals surface area contributed by atoms with Crippen LogP contribution in [0.1, 0.15) is 46.2 Å². The van der Waals surface area contributed by atoms with Crippen molar-refractivity contribution in [2.75, 3.05) is 13.1 Å². The molecule has 150 valence electrons. The minimum Gasteiger partial charge on any atom is -0.478 e. The van der Waals surface area contributed by atoms with Gasteiger partial charge in [0.2, 0.25) is 5.91 Å². The first-order valence-electron chi connectivity index (χ1n) is 9.62. The van der Waals surface area contributed by atoms with Crippen molar-refractivity contribution >= 4 is 11.9 Å². The lowest BCUT2D eigenvalue weighted by molar-refractivity contribution is -0.131. The summed E-state index contributed by atoms with van der Waals surface area (Å²) in [6.07, 6.45) is 2.38. The molecule has 28 heavy (non-hydrogen) atoms. The lowest BCUT2D eigenvalue weighted by Crippen LogP contribution is -2.32. The Hall–Kier alpha value is -2.70. The second kappa shape index (κ2) is 8.12. The Kier molecular flexibility index (Phi) is 5.82. The van der Waals surface area contributed by atoms with Crippen LogP contribution in [0.2, 0.25) is 0 Å². The predicted molar refractivity (Wildman–Crippen MR) is 103 cm³/mol. The van der Waals surface area contributed by atoms with Gasteiger partial charge in [0, 0.05) is 18.8 Å². The number of carboxylic acid groups (broad SMARTS) is 1. The molecule has 0 bridgehead atoms. The van der Waals surface area contributed by atoms with Crippen molar-refractivity contribution in [3.8, 4) is 0 Å². The average Bonchev–Trinajstić information content (AvgIpc) is 3.21. The second-order valence-corrected chi connectivity index (χ2v) is 7.48.